The lowest BCUT2D eigenvalue weighted by Crippen LogP contribution is -2.16. The van der Waals surface area contributed by atoms with E-state index in [-0.39, 0.29) is 5.92 Å². The first-order chi connectivity index (χ1) is 14.2. The standard InChI is InChI=1S/C27H46O2/c1-2-3-4-5-6-7-8-9-10-11-12-13-14-15-16-20-23-26(27(28)29)24-25-21-18-17-19-22-25/h17-19,21-22,26H,2-16,20,23-24H2,1H3,(H,28,29). The summed E-state index contributed by atoms with van der Waals surface area (Å²) in [6.07, 6.45) is 23.2. The number of benzene rings is 1. The summed E-state index contributed by atoms with van der Waals surface area (Å²) in [6.45, 7) is 2.28. The van der Waals surface area contributed by atoms with Crippen LogP contribution in [0.5, 0.6) is 0 Å². The van der Waals surface area contributed by atoms with E-state index in [2.05, 4.69) is 6.92 Å². The Kier molecular flexibility index (Phi) is 16.6. The zero-order valence-electron chi connectivity index (χ0n) is 19.0. The highest BCUT2D eigenvalue weighted by atomic mass is 16.4. The molecule has 1 rings (SSSR count). The quantitative estimate of drug-likeness (QED) is 0.222. The summed E-state index contributed by atoms with van der Waals surface area (Å²) in [5.41, 5.74) is 1.14. The van der Waals surface area contributed by atoms with Gasteiger partial charge in [-0.25, -0.2) is 0 Å². The third kappa shape index (κ3) is 15.2. The van der Waals surface area contributed by atoms with Crippen molar-refractivity contribution in [2.45, 2.75) is 122 Å². The van der Waals surface area contributed by atoms with Crippen molar-refractivity contribution in [3.8, 4) is 0 Å². The van der Waals surface area contributed by atoms with E-state index < -0.39 is 5.97 Å². The molecule has 0 heterocycles. The van der Waals surface area contributed by atoms with Gasteiger partial charge in [-0.05, 0) is 18.4 Å². The largest absolute Gasteiger partial charge is 0.481 e. The summed E-state index contributed by atoms with van der Waals surface area (Å²) < 4.78 is 0. The summed E-state index contributed by atoms with van der Waals surface area (Å²) in [5, 5.41) is 9.46. The fraction of sp³-hybridized carbons (Fsp3) is 0.741. The predicted molar refractivity (Wildman–Crippen MR) is 125 cm³/mol. The minimum Gasteiger partial charge on any atom is -0.481 e. The van der Waals surface area contributed by atoms with Crippen molar-refractivity contribution in [1.82, 2.24) is 0 Å². The molecule has 0 bridgehead atoms. The molecule has 29 heavy (non-hydrogen) atoms. The number of carboxylic acids is 1. The van der Waals surface area contributed by atoms with Gasteiger partial charge in [0.25, 0.3) is 0 Å². The third-order valence-corrected chi connectivity index (χ3v) is 6.08. The summed E-state index contributed by atoms with van der Waals surface area (Å²) in [6, 6.07) is 10.0. The van der Waals surface area contributed by atoms with Crippen molar-refractivity contribution in [1.29, 1.82) is 0 Å². The van der Waals surface area contributed by atoms with Crippen LogP contribution in [0.2, 0.25) is 0 Å². The number of rotatable bonds is 20. The van der Waals surface area contributed by atoms with Crippen LogP contribution in [-0.4, -0.2) is 11.1 Å². The van der Waals surface area contributed by atoms with Crippen molar-refractivity contribution in [2.24, 2.45) is 5.92 Å². The van der Waals surface area contributed by atoms with Crippen LogP contribution >= 0.6 is 0 Å². The molecule has 2 nitrogen and oxygen atoms in total. The Labute approximate surface area is 180 Å². The van der Waals surface area contributed by atoms with E-state index in [1.165, 1.54) is 96.3 Å². The van der Waals surface area contributed by atoms with Crippen LogP contribution < -0.4 is 0 Å². The van der Waals surface area contributed by atoms with E-state index in [0.717, 1.165) is 18.4 Å². The number of hydrogen-bond donors (Lipinski definition) is 1. The maximum Gasteiger partial charge on any atom is 0.306 e. The van der Waals surface area contributed by atoms with Crippen molar-refractivity contribution >= 4 is 5.97 Å². The molecule has 0 fully saturated rings. The van der Waals surface area contributed by atoms with Crippen LogP contribution in [0.25, 0.3) is 0 Å². The first kappa shape index (κ1) is 25.7. The Hall–Kier alpha value is -1.31. The highest BCUT2D eigenvalue weighted by Crippen LogP contribution is 2.18. The molecule has 0 aliphatic heterocycles. The fourth-order valence-electron chi connectivity index (χ4n) is 4.15. The van der Waals surface area contributed by atoms with Gasteiger partial charge in [0.05, 0.1) is 5.92 Å². The Morgan fingerprint density at radius 3 is 1.52 bits per heavy atom. The summed E-state index contributed by atoms with van der Waals surface area (Å²) in [4.78, 5) is 11.5. The molecule has 0 amide bonds. The van der Waals surface area contributed by atoms with E-state index in [9.17, 15) is 9.90 Å². The summed E-state index contributed by atoms with van der Waals surface area (Å²) in [5.74, 6) is -0.876. The number of carbonyl (C=O) groups is 1. The Morgan fingerprint density at radius 1 is 0.690 bits per heavy atom. The van der Waals surface area contributed by atoms with Gasteiger partial charge in [-0.1, -0.05) is 140 Å². The van der Waals surface area contributed by atoms with Crippen molar-refractivity contribution in [3.05, 3.63) is 35.9 Å². The topological polar surface area (TPSA) is 37.3 Å². The smallest absolute Gasteiger partial charge is 0.306 e. The third-order valence-electron chi connectivity index (χ3n) is 6.08. The summed E-state index contributed by atoms with van der Waals surface area (Å²) in [7, 11) is 0. The highest BCUT2D eigenvalue weighted by Gasteiger charge is 2.17. The molecule has 1 atom stereocenters. The Bertz CT molecular complexity index is 483. The minimum atomic E-state index is -0.644. The SMILES string of the molecule is CCCCCCCCCCCCCCCCCCC(Cc1ccccc1)C(=O)O. The lowest BCUT2D eigenvalue weighted by Gasteiger charge is -2.12. The first-order valence-corrected chi connectivity index (χ1v) is 12.5. The van der Waals surface area contributed by atoms with Crippen molar-refractivity contribution in [2.75, 3.05) is 0 Å². The molecule has 2 heteroatoms. The molecule has 0 spiro atoms. The molecule has 1 unspecified atom stereocenters. The lowest BCUT2D eigenvalue weighted by molar-refractivity contribution is -0.142. The van der Waals surface area contributed by atoms with Gasteiger partial charge in [-0.15, -0.1) is 0 Å². The molecule has 1 aromatic rings. The van der Waals surface area contributed by atoms with E-state index in [4.69, 9.17) is 0 Å². The van der Waals surface area contributed by atoms with Gasteiger partial charge in [0, 0.05) is 0 Å². The van der Waals surface area contributed by atoms with Gasteiger partial charge < -0.3 is 5.11 Å². The number of carboxylic acid groups (broad SMARTS) is 1. The minimum absolute atomic E-state index is 0.232. The predicted octanol–water partition coefficient (Wildman–Crippen LogP) is 8.58. The molecule has 0 radical (unpaired) electrons. The van der Waals surface area contributed by atoms with E-state index in [1.807, 2.05) is 30.3 Å². The lowest BCUT2D eigenvalue weighted by atomic mass is 9.93. The average molecular weight is 403 g/mol. The van der Waals surface area contributed by atoms with E-state index in [0.29, 0.717) is 6.42 Å². The van der Waals surface area contributed by atoms with Crippen LogP contribution in [0.1, 0.15) is 122 Å². The number of aliphatic carboxylic acids is 1. The fourth-order valence-corrected chi connectivity index (χ4v) is 4.15. The van der Waals surface area contributed by atoms with Gasteiger partial charge in [0.2, 0.25) is 0 Å². The van der Waals surface area contributed by atoms with Gasteiger partial charge in [-0.2, -0.15) is 0 Å². The van der Waals surface area contributed by atoms with Crippen LogP contribution in [0, 0.1) is 5.92 Å². The van der Waals surface area contributed by atoms with Crippen LogP contribution in [0.4, 0.5) is 0 Å². The van der Waals surface area contributed by atoms with Crippen LogP contribution in [0.3, 0.4) is 0 Å². The molecule has 166 valence electrons. The van der Waals surface area contributed by atoms with Gasteiger partial charge >= 0.3 is 5.97 Å². The molecular weight excluding hydrogens is 356 g/mol. The second-order valence-corrected chi connectivity index (χ2v) is 8.82. The molecule has 0 saturated carbocycles. The van der Waals surface area contributed by atoms with E-state index >= 15 is 0 Å². The van der Waals surface area contributed by atoms with Crippen LogP contribution in [-0.2, 0) is 11.2 Å². The van der Waals surface area contributed by atoms with Crippen molar-refractivity contribution in [3.63, 3.8) is 0 Å². The number of unbranched alkanes of at least 4 members (excludes halogenated alkanes) is 15. The monoisotopic (exact) mass is 402 g/mol. The zero-order valence-corrected chi connectivity index (χ0v) is 19.0. The molecule has 1 aromatic carbocycles. The summed E-state index contributed by atoms with van der Waals surface area (Å²) >= 11 is 0. The first-order valence-electron chi connectivity index (χ1n) is 12.5. The van der Waals surface area contributed by atoms with Gasteiger partial charge in [0.1, 0.15) is 0 Å². The average Bonchev–Trinajstić information content (AvgIpc) is 2.73. The maximum atomic E-state index is 11.5. The molecule has 0 saturated heterocycles. The second kappa shape index (κ2) is 18.7. The molecular formula is C27H46O2. The van der Waals surface area contributed by atoms with Crippen molar-refractivity contribution < 1.29 is 9.90 Å². The number of hydrogen-bond acceptors (Lipinski definition) is 1. The Morgan fingerprint density at radius 2 is 1.10 bits per heavy atom. The van der Waals surface area contributed by atoms with Gasteiger partial charge in [-0.3, -0.25) is 4.79 Å². The van der Waals surface area contributed by atoms with E-state index in [1.54, 1.807) is 0 Å². The zero-order chi connectivity index (χ0) is 21.0. The normalized spacial score (nSPS) is 12.2. The molecule has 1 N–H and O–H groups in total. The maximum absolute atomic E-state index is 11.5. The van der Waals surface area contributed by atoms with Gasteiger partial charge in [0.15, 0.2) is 0 Å². The molecule has 0 aromatic heterocycles. The molecule has 0 aliphatic rings. The highest BCUT2D eigenvalue weighted by molar-refractivity contribution is 5.70. The van der Waals surface area contributed by atoms with Crippen LogP contribution in [0.15, 0.2) is 30.3 Å². The molecule has 0 aliphatic carbocycles. The second-order valence-electron chi connectivity index (χ2n) is 8.82. The Balaban J connectivity index is 1.88.